The standard InChI is InChI=1S/C52H62N8O6/c1-29(2)44(57-50(63)65-6)48(61)59-24-8-10-40(59)46-53-27-38(55-46)33-16-12-31(13-17-33)36-20-21-37(43-42(36)35-22-23-52(43,5)26-35)32-14-18-34(19-15-32)39-28-54-47(56-39)41-11-9-25-60(41)49(62)45(30(3)4)58-51(64)66-7/h12-21,27-30,35,40-41,44-45H,8-11,22-26H2,1-7H3,(H,53,55)(H,54,56)(H,57,63)(H,58,64)/t35?,40-,41+,44-,45-,52?/m0/s1. The first-order valence-electron chi connectivity index (χ1n) is 23.6. The zero-order valence-corrected chi connectivity index (χ0v) is 39.1. The number of aromatic amines is 2. The molecule has 4 N–H and O–H groups in total. The molecule has 2 bridgehead atoms. The van der Waals surface area contributed by atoms with Crippen LogP contribution < -0.4 is 10.6 Å². The predicted molar refractivity (Wildman–Crippen MR) is 252 cm³/mol. The molecule has 4 amide bonds. The summed E-state index contributed by atoms with van der Waals surface area (Å²) in [5.74, 6) is 1.55. The molecular formula is C52H62N8O6. The molecule has 14 nitrogen and oxygen atoms in total. The maximum atomic E-state index is 13.7. The summed E-state index contributed by atoms with van der Waals surface area (Å²) < 4.78 is 9.60. The summed E-state index contributed by atoms with van der Waals surface area (Å²) in [6.45, 7) is 11.3. The van der Waals surface area contributed by atoms with Crippen molar-refractivity contribution in [2.75, 3.05) is 27.3 Å². The first-order chi connectivity index (χ1) is 31.8. The second-order valence-corrected chi connectivity index (χ2v) is 19.6. The zero-order valence-electron chi connectivity index (χ0n) is 39.1. The van der Waals surface area contributed by atoms with E-state index < -0.39 is 24.3 Å². The lowest BCUT2D eigenvalue weighted by atomic mass is 9.75. The average Bonchev–Trinajstić information content (AvgIpc) is 4.19. The summed E-state index contributed by atoms with van der Waals surface area (Å²) in [5, 5.41) is 5.45. The number of alkyl carbamates (subject to hydrolysis) is 2. The van der Waals surface area contributed by atoms with Crippen LogP contribution in [0, 0.1) is 11.8 Å². The van der Waals surface area contributed by atoms with Crippen molar-refractivity contribution in [2.45, 2.75) is 115 Å². The van der Waals surface area contributed by atoms with Crippen LogP contribution in [0.1, 0.15) is 120 Å². The molecule has 2 saturated heterocycles. The number of likely N-dealkylation sites (tertiary alicyclic amines) is 2. The van der Waals surface area contributed by atoms with E-state index >= 15 is 0 Å². The van der Waals surface area contributed by atoms with E-state index in [4.69, 9.17) is 19.4 Å². The van der Waals surface area contributed by atoms with Gasteiger partial charge in [0.15, 0.2) is 0 Å². The Morgan fingerprint density at radius 3 is 1.55 bits per heavy atom. The number of benzene rings is 3. The first-order valence-corrected chi connectivity index (χ1v) is 23.6. The Kier molecular flexibility index (Phi) is 12.3. The van der Waals surface area contributed by atoms with Gasteiger partial charge in [0.1, 0.15) is 23.7 Å². The van der Waals surface area contributed by atoms with Crippen molar-refractivity contribution in [3.8, 4) is 44.8 Å². The Balaban J connectivity index is 0.925. The summed E-state index contributed by atoms with van der Waals surface area (Å²) in [4.78, 5) is 71.8. The van der Waals surface area contributed by atoms with Crippen LogP contribution in [0.5, 0.6) is 0 Å². The molecule has 66 heavy (non-hydrogen) atoms. The van der Waals surface area contributed by atoms with Crippen molar-refractivity contribution in [2.24, 2.45) is 11.8 Å². The van der Waals surface area contributed by atoms with Crippen molar-refractivity contribution in [3.63, 3.8) is 0 Å². The number of aromatic nitrogens is 4. The van der Waals surface area contributed by atoms with E-state index in [1.54, 1.807) is 0 Å². The molecule has 4 heterocycles. The van der Waals surface area contributed by atoms with Crippen LogP contribution in [0.4, 0.5) is 9.59 Å². The molecular weight excluding hydrogens is 833 g/mol. The molecule has 1 saturated carbocycles. The van der Waals surface area contributed by atoms with Gasteiger partial charge in [-0.05, 0) is 113 Å². The summed E-state index contributed by atoms with van der Waals surface area (Å²) in [6, 6.07) is 20.3. The number of carbonyl (C=O) groups is 4. The topological polar surface area (TPSA) is 175 Å². The van der Waals surface area contributed by atoms with Crippen molar-refractivity contribution < 1.29 is 28.7 Å². The molecule has 4 aliphatic rings. The third-order valence-electron chi connectivity index (χ3n) is 14.7. The van der Waals surface area contributed by atoms with Gasteiger partial charge in [0.05, 0.1) is 50.1 Å². The smallest absolute Gasteiger partial charge is 0.407 e. The van der Waals surface area contributed by atoms with E-state index in [0.29, 0.717) is 19.0 Å². The van der Waals surface area contributed by atoms with E-state index in [1.165, 1.54) is 60.4 Å². The molecule has 2 aromatic heterocycles. The monoisotopic (exact) mass is 894 g/mol. The van der Waals surface area contributed by atoms with E-state index in [-0.39, 0.29) is 41.1 Å². The lowest BCUT2D eigenvalue weighted by Crippen LogP contribution is -2.51. The van der Waals surface area contributed by atoms with Gasteiger partial charge in [0.25, 0.3) is 0 Å². The number of carbonyl (C=O) groups excluding carboxylic acids is 4. The van der Waals surface area contributed by atoms with Crippen molar-refractivity contribution in [1.29, 1.82) is 0 Å². The van der Waals surface area contributed by atoms with Gasteiger partial charge in [-0.25, -0.2) is 19.6 Å². The van der Waals surface area contributed by atoms with Crippen LogP contribution in [0.3, 0.4) is 0 Å². The van der Waals surface area contributed by atoms with Crippen molar-refractivity contribution in [1.82, 2.24) is 40.4 Å². The molecule has 9 rings (SSSR count). The molecule has 2 aliphatic carbocycles. The molecule has 6 atom stereocenters. The molecule has 3 fully saturated rings. The van der Waals surface area contributed by atoms with Gasteiger partial charge in [-0.2, -0.15) is 0 Å². The van der Waals surface area contributed by atoms with Crippen LogP contribution in [-0.4, -0.2) is 93.1 Å². The van der Waals surface area contributed by atoms with Crippen LogP contribution in [0.15, 0.2) is 73.1 Å². The van der Waals surface area contributed by atoms with E-state index in [2.05, 4.69) is 88.2 Å². The molecule has 5 aromatic rings. The molecule has 3 aromatic carbocycles. The van der Waals surface area contributed by atoms with Crippen molar-refractivity contribution in [3.05, 3.63) is 95.8 Å². The fourth-order valence-electron chi connectivity index (χ4n) is 11.3. The molecule has 0 radical (unpaired) electrons. The minimum absolute atomic E-state index is 0.102. The third-order valence-corrected chi connectivity index (χ3v) is 14.7. The Labute approximate surface area is 386 Å². The number of fused-ring (bicyclic) bond motifs is 5. The van der Waals surface area contributed by atoms with Crippen molar-refractivity contribution >= 4 is 24.0 Å². The van der Waals surface area contributed by atoms with E-state index in [0.717, 1.165) is 66.3 Å². The number of hydrogen-bond acceptors (Lipinski definition) is 8. The number of amides is 4. The molecule has 2 aliphatic heterocycles. The van der Waals surface area contributed by atoms with Crippen LogP contribution in [-0.2, 0) is 24.5 Å². The highest BCUT2D eigenvalue weighted by Crippen LogP contribution is 2.61. The zero-order chi connectivity index (χ0) is 46.4. The van der Waals surface area contributed by atoms with Gasteiger partial charge >= 0.3 is 12.2 Å². The predicted octanol–water partition coefficient (Wildman–Crippen LogP) is 9.43. The SMILES string of the molecule is COC(=O)N[C@H](C(=O)N1CCC[C@@H]1c1ncc(-c2ccc(-c3ccc(-c4ccc(-c5cnc([C@@H]6CCCN6C(=O)[C@@H](NC(=O)OC)C(C)C)[nH]5)cc4)c4c3C3(C)CCC4C3)cc2)[nH]1)C(C)C. The van der Waals surface area contributed by atoms with Gasteiger partial charge in [-0.1, -0.05) is 95.3 Å². The minimum Gasteiger partial charge on any atom is -0.453 e. The lowest BCUT2D eigenvalue weighted by Gasteiger charge is -2.30. The fourth-order valence-corrected chi connectivity index (χ4v) is 11.3. The van der Waals surface area contributed by atoms with Gasteiger partial charge in [0.2, 0.25) is 11.8 Å². The summed E-state index contributed by atoms with van der Waals surface area (Å²) >= 11 is 0. The summed E-state index contributed by atoms with van der Waals surface area (Å²) in [7, 11) is 2.61. The highest BCUT2D eigenvalue weighted by Gasteiger charge is 2.48. The highest BCUT2D eigenvalue weighted by atomic mass is 16.5. The van der Waals surface area contributed by atoms with Gasteiger partial charge in [-0.15, -0.1) is 0 Å². The maximum absolute atomic E-state index is 13.7. The normalized spacial score (nSPS) is 21.9. The van der Waals surface area contributed by atoms with Crippen LogP contribution in [0.25, 0.3) is 44.8 Å². The largest absolute Gasteiger partial charge is 0.453 e. The number of nitrogens with one attached hydrogen (secondary N) is 4. The molecule has 0 spiro atoms. The highest BCUT2D eigenvalue weighted by molar-refractivity contribution is 5.88. The van der Waals surface area contributed by atoms with Crippen LogP contribution in [0.2, 0.25) is 0 Å². The second kappa shape index (κ2) is 18.1. The Morgan fingerprint density at radius 1 is 0.652 bits per heavy atom. The number of hydrogen-bond donors (Lipinski definition) is 4. The Bertz CT molecular complexity index is 2620. The van der Waals surface area contributed by atoms with Crippen LogP contribution >= 0.6 is 0 Å². The van der Waals surface area contributed by atoms with Gasteiger partial charge in [0, 0.05) is 13.1 Å². The number of H-pyrrole nitrogens is 2. The number of rotatable bonds is 12. The Hall–Kier alpha value is -6.44. The molecule has 346 valence electrons. The lowest BCUT2D eigenvalue weighted by molar-refractivity contribution is -0.136. The third kappa shape index (κ3) is 8.23. The Morgan fingerprint density at radius 2 is 1.09 bits per heavy atom. The molecule has 2 unspecified atom stereocenters. The fraction of sp³-hybridized carbons (Fsp3) is 0.462. The summed E-state index contributed by atoms with van der Waals surface area (Å²) in [5.41, 5.74) is 11.9. The van der Waals surface area contributed by atoms with E-state index in [9.17, 15) is 19.2 Å². The quantitative estimate of drug-likeness (QED) is 0.0958. The summed E-state index contributed by atoms with van der Waals surface area (Å²) in [6.07, 6.45) is 9.30. The number of methoxy groups -OCH3 is 2. The number of imidazole rings is 2. The van der Waals surface area contributed by atoms with Gasteiger partial charge in [-0.3, -0.25) is 9.59 Å². The maximum Gasteiger partial charge on any atom is 0.407 e. The first kappa shape index (κ1) is 44.7. The molecule has 14 heteroatoms. The minimum atomic E-state index is -0.685. The van der Waals surface area contributed by atoms with E-state index in [1.807, 2.05) is 49.9 Å². The van der Waals surface area contributed by atoms with Gasteiger partial charge < -0.3 is 39.9 Å². The second-order valence-electron chi connectivity index (χ2n) is 19.6. The number of ether oxygens (including phenoxy) is 2. The average molecular weight is 895 g/mol. The number of nitrogens with zero attached hydrogens (tertiary/aromatic N) is 4.